The highest BCUT2D eigenvalue weighted by atomic mass is 79.9. The van der Waals surface area contributed by atoms with Gasteiger partial charge in [-0.1, -0.05) is 15.9 Å². The van der Waals surface area contributed by atoms with Gasteiger partial charge in [-0.2, -0.15) is 0 Å². The third kappa shape index (κ3) is 3.83. The van der Waals surface area contributed by atoms with Crippen LogP contribution < -0.4 is 15.1 Å². The van der Waals surface area contributed by atoms with Crippen LogP contribution in [0.3, 0.4) is 0 Å². The lowest BCUT2D eigenvalue weighted by atomic mass is 10.1. The van der Waals surface area contributed by atoms with Crippen LogP contribution in [-0.2, 0) is 14.3 Å². The Hall–Kier alpha value is -2.91. The standard InChI is InChI=1S/C20H18BrN3O5/c1-12-10-13(2-4-16(12)21)24-19(26)15(18(25)22-20(24)27)11-14-3-5-17(29-14)23-6-8-28-9-7-23/h2-5,10-11H,6-9H2,1H3,(H,22,25,27). The van der Waals surface area contributed by atoms with Crippen LogP contribution >= 0.6 is 15.9 Å². The summed E-state index contributed by atoms with van der Waals surface area (Å²) in [4.78, 5) is 40.5. The van der Waals surface area contributed by atoms with Gasteiger partial charge in [0.15, 0.2) is 5.88 Å². The molecule has 1 aromatic heterocycles. The topological polar surface area (TPSA) is 92.1 Å². The molecule has 0 saturated carbocycles. The van der Waals surface area contributed by atoms with Crippen molar-refractivity contribution in [3.8, 4) is 0 Å². The fourth-order valence-corrected chi connectivity index (χ4v) is 3.42. The number of hydrogen-bond acceptors (Lipinski definition) is 6. The van der Waals surface area contributed by atoms with Gasteiger partial charge in [0, 0.05) is 23.6 Å². The van der Waals surface area contributed by atoms with Crippen LogP contribution in [0, 0.1) is 6.92 Å². The molecule has 0 atom stereocenters. The summed E-state index contributed by atoms with van der Waals surface area (Å²) in [6, 6.07) is 7.75. The Balaban J connectivity index is 1.63. The molecule has 0 aliphatic carbocycles. The summed E-state index contributed by atoms with van der Waals surface area (Å²) in [6.45, 7) is 4.48. The summed E-state index contributed by atoms with van der Waals surface area (Å²) in [5.41, 5.74) is 1.06. The van der Waals surface area contributed by atoms with Crippen molar-refractivity contribution in [3.05, 3.63) is 51.7 Å². The second-order valence-corrected chi connectivity index (χ2v) is 7.52. The van der Waals surface area contributed by atoms with E-state index in [4.69, 9.17) is 9.15 Å². The van der Waals surface area contributed by atoms with E-state index < -0.39 is 17.8 Å². The molecule has 0 radical (unpaired) electrons. The summed E-state index contributed by atoms with van der Waals surface area (Å²) in [7, 11) is 0. The molecule has 1 N–H and O–H groups in total. The first-order valence-corrected chi connectivity index (χ1v) is 9.83. The number of barbiturate groups is 1. The van der Waals surface area contributed by atoms with Crippen molar-refractivity contribution < 1.29 is 23.5 Å². The average molecular weight is 460 g/mol. The van der Waals surface area contributed by atoms with Crippen LogP contribution in [0.2, 0.25) is 0 Å². The molecule has 0 unspecified atom stereocenters. The van der Waals surface area contributed by atoms with Crippen LogP contribution in [-0.4, -0.2) is 44.1 Å². The van der Waals surface area contributed by atoms with Crippen molar-refractivity contribution in [1.29, 1.82) is 0 Å². The molecule has 2 aliphatic heterocycles. The molecule has 0 bridgehead atoms. The van der Waals surface area contributed by atoms with E-state index in [0.717, 1.165) is 14.9 Å². The van der Waals surface area contributed by atoms with Crippen LogP contribution in [0.5, 0.6) is 0 Å². The molecule has 1 aromatic carbocycles. The Labute approximate surface area is 175 Å². The van der Waals surface area contributed by atoms with E-state index >= 15 is 0 Å². The lowest BCUT2D eigenvalue weighted by Crippen LogP contribution is -2.54. The highest BCUT2D eigenvalue weighted by Gasteiger charge is 2.37. The first-order valence-electron chi connectivity index (χ1n) is 9.04. The minimum Gasteiger partial charge on any atom is -0.441 e. The van der Waals surface area contributed by atoms with Crippen LogP contribution in [0.1, 0.15) is 11.3 Å². The lowest BCUT2D eigenvalue weighted by molar-refractivity contribution is -0.122. The Morgan fingerprint density at radius 3 is 2.59 bits per heavy atom. The number of anilines is 2. The maximum absolute atomic E-state index is 13.0. The maximum atomic E-state index is 13.0. The third-order valence-electron chi connectivity index (χ3n) is 4.72. The molecule has 8 nitrogen and oxygen atoms in total. The molecule has 2 aromatic rings. The van der Waals surface area contributed by atoms with Gasteiger partial charge in [-0.15, -0.1) is 0 Å². The number of imide groups is 2. The van der Waals surface area contributed by atoms with Gasteiger partial charge in [0.05, 0.1) is 18.9 Å². The number of carbonyl (C=O) groups excluding carboxylic acids is 3. The largest absolute Gasteiger partial charge is 0.441 e. The van der Waals surface area contributed by atoms with E-state index in [1.54, 1.807) is 30.3 Å². The van der Waals surface area contributed by atoms with Crippen LogP contribution in [0.25, 0.3) is 6.08 Å². The molecule has 4 rings (SSSR count). The summed E-state index contributed by atoms with van der Waals surface area (Å²) in [5.74, 6) is -0.467. The van der Waals surface area contributed by atoms with Gasteiger partial charge in [0.2, 0.25) is 0 Å². The number of halogens is 1. The molecule has 3 heterocycles. The van der Waals surface area contributed by atoms with Crippen molar-refractivity contribution in [2.24, 2.45) is 0 Å². The van der Waals surface area contributed by atoms with Gasteiger partial charge < -0.3 is 14.1 Å². The lowest BCUT2D eigenvalue weighted by Gasteiger charge is -2.26. The monoisotopic (exact) mass is 459 g/mol. The minimum atomic E-state index is -0.785. The number of aryl methyl sites for hydroxylation is 1. The summed E-state index contributed by atoms with van der Waals surface area (Å²) < 4.78 is 12.0. The number of urea groups is 1. The Morgan fingerprint density at radius 2 is 1.86 bits per heavy atom. The summed E-state index contributed by atoms with van der Waals surface area (Å²) in [6.07, 6.45) is 1.35. The van der Waals surface area contributed by atoms with Gasteiger partial charge in [0.25, 0.3) is 11.8 Å². The molecule has 150 valence electrons. The quantitative estimate of drug-likeness (QED) is 0.560. The fourth-order valence-electron chi connectivity index (χ4n) is 3.18. The summed E-state index contributed by atoms with van der Waals surface area (Å²) in [5, 5.41) is 2.21. The van der Waals surface area contributed by atoms with Gasteiger partial charge in [-0.25, -0.2) is 9.69 Å². The van der Waals surface area contributed by atoms with Gasteiger partial charge in [-0.3, -0.25) is 14.9 Å². The number of furan rings is 1. The second kappa shape index (κ2) is 7.84. The number of nitrogens with zero attached hydrogens (tertiary/aromatic N) is 2. The zero-order chi connectivity index (χ0) is 20.5. The summed E-state index contributed by atoms with van der Waals surface area (Å²) >= 11 is 3.39. The van der Waals surface area contributed by atoms with Gasteiger partial charge >= 0.3 is 6.03 Å². The molecule has 4 amide bonds. The predicted molar refractivity (Wildman–Crippen MR) is 110 cm³/mol. The van der Waals surface area contributed by atoms with Crippen LogP contribution in [0.4, 0.5) is 16.4 Å². The minimum absolute atomic E-state index is 0.173. The van der Waals surface area contributed by atoms with Crippen molar-refractivity contribution in [1.82, 2.24) is 5.32 Å². The fraction of sp³-hybridized carbons (Fsp3) is 0.250. The number of nitrogens with one attached hydrogen (secondary N) is 1. The number of ether oxygens (including phenoxy) is 1. The number of hydrogen-bond donors (Lipinski definition) is 1. The van der Waals surface area contributed by atoms with E-state index in [-0.39, 0.29) is 5.57 Å². The molecule has 2 aliphatic rings. The molecular weight excluding hydrogens is 442 g/mol. The zero-order valence-corrected chi connectivity index (χ0v) is 17.2. The highest BCUT2D eigenvalue weighted by Crippen LogP contribution is 2.27. The van der Waals surface area contributed by atoms with E-state index in [1.165, 1.54) is 6.08 Å². The SMILES string of the molecule is Cc1cc(N2C(=O)NC(=O)C(=Cc3ccc(N4CCOCC4)o3)C2=O)ccc1Br. The smallest absolute Gasteiger partial charge is 0.335 e. The van der Waals surface area contributed by atoms with Gasteiger partial charge in [0.1, 0.15) is 11.3 Å². The van der Waals surface area contributed by atoms with Crippen molar-refractivity contribution in [2.45, 2.75) is 6.92 Å². The van der Waals surface area contributed by atoms with Crippen molar-refractivity contribution in [2.75, 3.05) is 36.1 Å². The number of morpholine rings is 1. The van der Waals surface area contributed by atoms with E-state index in [9.17, 15) is 14.4 Å². The molecule has 29 heavy (non-hydrogen) atoms. The normalized spacial score (nSPS) is 19.1. The molecule has 2 saturated heterocycles. The highest BCUT2D eigenvalue weighted by molar-refractivity contribution is 9.10. The molecular formula is C20H18BrN3O5. The predicted octanol–water partition coefficient (Wildman–Crippen LogP) is 2.85. The van der Waals surface area contributed by atoms with Crippen molar-refractivity contribution in [3.63, 3.8) is 0 Å². The third-order valence-corrected chi connectivity index (χ3v) is 5.61. The second-order valence-electron chi connectivity index (χ2n) is 6.67. The molecule has 2 fully saturated rings. The van der Waals surface area contributed by atoms with Gasteiger partial charge in [-0.05, 0) is 42.8 Å². The number of carbonyl (C=O) groups is 3. The van der Waals surface area contributed by atoms with E-state index in [1.807, 2.05) is 11.8 Å². The average Bonchev–Trinajstić information content (AvgIpc) is 3.17. The number of rotatable bonds is 3. The first kappa shape index (κ1) is 19.4. The molecule has 9 heteroatoms. The zero-order valence-electron chi connectivity index (χ0n) is 15.6. The Kier molecular flexibility index (Phi) is 5.25. The molecule has 0 spiro atoms. The van der Waals surface area contributed by atoms with E-state index in [0.29, 0.717) is 43.6 Å². The van der Waals surface area contributed by atoms with Crippen molar-refractivity contribution >= 4 is 51.4 Å². The maximum Gasteiger partial charge on any atom is 0.335 e. The van der Waals surface area contributed by atoms with Crippen LogP contribution in [0.15, 0.2) is 44.8 Å². The number of amides is 4. The van der Waals surface area contributed by atoms with E-state index in [2.05, 4.69) is 21.2 Å². The number of benzene rings is 1. The Bertz CT molecular complexity index is 1020. The first-order chi connectivity index (χ1) is 13.9. The Morgan fingerprint density at radius 1 is 1.10 bits per heavy atom.